The number of carbonyl (C=O) groups excluding carboxylic acids is 2. The van der Waals surface area contributed by atoms with Crippen LogP contribution in [0.1, 0.15) is 85.1 Å². The van der Waals surface area contributed by atoms with Gasteiger partial charge in [0.1, 0.15) is 0 Å². The van der Waals surface area contributed by atoms with Crippen LogP contribution in [0.25, 0.3) is 0 Å². The highest BCUT2D eigenvalue weighted by molar-refractivity contribution is 7.10. The Balaban J connectivity index is 1.63. The number of benzene rings is 1. The third kappa shape index (κ3) is 5.17. The molecule has 1 saturated carbocycles. The third-order valence-electron chi connectivity index (χ3n) is 7.02. The first-order chi connectivity index (χ1) is 16.2. The van der Waals surface area contributed by atoms with Gasteiger partial charge in [0.2, 0.25) is 5.91 Å². The molecule has 2 heterocycles. The van der Waals surface area contributed by atoms with Crippen molar-refractivity contribution in [2.45, 2.75) is 70.4 Å². The average Bonchev–Trinajstić information content (AvgIpc) is 3.54. The lowest BCUT2D eigenvalue weighted by atomic mass is 9.80. The van der Waals surface area contributed by atoms with Gasteiger partial charge in [-0.15, -0.1) is 11.3 Å². The first-order valence-corrected chi connectivity index (χ1v) is 13.5. The summed E-state index contributed by atoms with van der Waals surface area (Å²) in [5.41, 5.74) is 1.56. The summed E-state index contributed by atoms with van der Waals surface area (Å²) in [5.74, 6) is -0.273. The molecule has 0 radical (unpaired) electrons. The van der Waals surface area contributed by atoms with Crippen molar-refractivity contribution >= 4 is 23.2 Å². The number of hydrogen-bond donors (Lipinski definition) is 1. The molecular formula is C27H37N3O2S. The van der Waals surface area contributed by atoms with E-state index in [1.165, 1.54) is 0 Å². The molecule has 178 valence electrons. The minimum atomic E-state index is -0.385. The van der Waals surface area contributed by atoms with E-state index in [-0.39, 0.29) is 29.8 Å². The normalized spacial score (nSPS) is 20.9. The second-order valence-electron chi connectivity index (χ2n) is 9.31. The van der Waals surface area contributed by atoms with Crippen LogP contribution in [0.2, 0.25) is 0 Å². The fourth-order valence-electron chi connectivity index (χ4n) is 5.60. The minimum absolute atomic E-state index is 0.0318. The van der Waals surface area contributed by atoms with E-state index < -0.39 is 0 Å². The highest BCUT2D eigenvalue weighted by Gasteiger charge is 2.47. The Bertz CT molecular complexity index is 917. The standard InChI is InChI=1S/C27H37N3O2S/c1-3-16-29(17-4-2)18-15-28-26(31)24-21-12-7-8-13-22(21)27(32)30(20-10-5-6-11-20)25(24)23-14-9-19-33-23/h7-9,12-14,19-20,24-25H,3-6,10-11,15-18H2,1-2H3,(H,28,31)/t24-,25-/m0/s1. The molecule has 2 aliphatic rings. The van der Waals surface area contributed by atoms with Gasteiger partial charge in [-0.1, -0.05) is 51.0 Å². The molecule has 1 aliphatic heterocycles. The van der Waals surface area contributed by atoms with Crippen molar-refractivity contribution in [2.24, 2.45) is 0 Å². The quantitative estimate of drug-likeness (QED) is 0.522. The van der Waals surface area contributed by atoms with Crippen LogP contribution in [-0.4, -0.2) is 53.8 Å². The molecular weight excluding hydrogens is 430 g/mol. The van der Waals surface area contributed by atoms with Gasteiger partial charge >= 0.3 is 0 Å². The number of amides is 2. The fraction of sp³-hybridized carbons (Fsp3) is 0.556. The molecule has 1 aromatic carbocycles. The maximum absolute atomic E-state index is 13.8. The van der Waals surface area contributed by atoms with Gasteiger partial charge in [0, 0.05) is 29.6 Å². The minimum Gasteiger partial charge on any atom is -0.354 e. The van der Waals surface area contributed by atoms with Crippen molar-refractivity contribution in [3.63, 3.8) is 0 Å². The number of thiophene rings is 1. The van der Waals surface area contributed by atoms with Crippen LogP contribution >= 0.6 is 11.3 Å². The molecule has 0 unspecified atom stereocenters. The Morgan fingerprint density at radius 1 is 1.06 bits per heavy atom. The Morgan fingerprint density at radius 2 is 1.79 bits per heavy atom. The molecule has 1 N–H and O–H groups in total. The van der Waals surface area contributed by atoms with Crippen molar-refractivity contribution < 1.29 is 9.59 Å². The number of hydrogen-bond acceptors (Lipinski definition) is 4. The molecule has 1 aromatic heterocycles. The fourth-order valence-corrected chi connectivity index (χ4v) is 6.46. The Morgan fingerprint density at radius 3 is 2.45 bits per heavy atom. The highest BCUT2D eigenvalue weighted by atomic mass is 32.1. The second kappa shape index (κ2) is 11.3. The van der Waals surface area contributed by atoms with Crippen molar-refractivity contribution in [2.75, 3.05) is 26.2 Å². The number of fused-ring (bicyclic) bond motifs is 1. The second-order valence-corrected chi connectivity index (χ2v) is 10.3. The first kappa shape index (κ1) is 24.0. The summed E-state index contributed by atoms with van der Waals surface area (Å²) < 4.78 is 0. The van der Waals surface area contributed by atoms with Gasteiger partial charge in [0.15, 0.2) is 0 Å². The maximum Gasteiger partial charge on any atom is 0.254 e. The summed E-state index contributed by atoms with van der Waals surface area (Å²) in [7, 11) is 0. The SMILES string of the molecule is CCCN(CCC)CCNC(=O)[C@H]1c2ccccc2C(=O)N(C2CCCC2)[C@H]1c1cccs1. The summed E-state index contributed by atoms with van der Waals surface area (Å²) >= 11 is 1.65. The van der Waals surface area contributed by atoms with Gasteiger partial charge in [0.05, 0.1) is 12.0 Å². The molecule has 1 fully saturated rings. The number of carbonyl (C=O) groups is 2. The zero-order chi connectivity index (χ0) is 23.2. The summed E-state index contributed by atoms with van der Waals surface area (Å²) in [5, 5.41) is 5.30. The molecule has 2 amide bonds. The summed E-state index contributed by atoms with van der Waals surface area (Å²) in [6.45, 7) is 7.99. The molecule has 5 nitrogen and oxygen atoms in total. The first-order valence-electron chi connectivity index (χ1n) is 12.6. The van der Waals surface area contributed by atoms with Crippen molar-refractivity contribution in [3.05, 3.63) is 57.8 Å². The van der Waals surface area contributed by atoms with Gasteiger partial charge in [-0.3, -0.25) is 9.59 Å². The Labute approximate surface area is 202 Å². The van der Waals surface area contributed by atoms with Gasteiger partial charge in [-0.05, 0) is 61.8 Å². The smallest absolute Gasteiger partial charge is 0.254 e. The zero-order valence-corrected chi connectivity index (χ0v) is 20.8. The van der Waals surface area contributed by atoms with Crippen molar-refractivity contribution in [1.82, 2.24) is 15.1 Å². The van der Waals surface area contributed by atoms with Crippen LogP contribution in [0.5, 0.6) is 0 Å². The molecule has 1 aliphatic carbocycles. The van der Waals surface area contributed by atoms with Crippen LogP contribution in [0, 0.1) is 0 Å². The van der Waals surface area contributed by atoms with E-state index in [1.807, 2.05) is 30.3 Å². The predicted octanol–water partition coefficient (Wildman–Crippen LogP) is 5.21. The molecule has 0 spiro atoms. The third-order valence-corrected chi connectivity index (χ3v) is 7.96. The van der Waals surface area contributed by atoms with Crippen LogP contribution < -0.4 is 5.32 Å². The van der Waals surface area contributed by atoms with E-state index in [4.69, 9.17) is 0 Å². The van der Waals surface area contributed by atoms with E-state index in [1.54, 1.807) is 11.3 Å². The van der Waals surface area contributed by atoms with Crippen molar-refractivity contribution in [3.8, 4) is 0 Å². The monoisotopic (exact) mass is 467 g/mol. The zero-order valence-electron chi connectivity index (χ0n) is 20.0. The summed E-state index contributed by atoms with van der Waals surface area (Å²) in [6, 6.07) is 11.8. The lowest BCUT2D eigenvalue weighted by Gasteiger charge is -2.44. The van der Waals surface area contributed by atoms with Gasteiger partial charge in [0.25, 0.3) is 5.91 Å². The molecule has 2 aromatic rings. The van der Waals surface area contributed by atoms with E-state index >= 15 is 0 Å². The van der Waals surface area contributed by atoms with Crippen molar-refractivity contribution in [1.29, 1.82) is 0 Å². The molecule has 33 heavy (non-hydrogen) atoms. The van der Waals surface area contributed by atoms with Crippen LogP contribution in [0.4, 0.5) is 0 Å². The molecule has 0 saturated heterocycles. The summed E-state index contributed by atoms with van der Waals surface area (Å²) in [6.07, 6.45) is 6.57. The highest BCUT2D eigenvalue weighted by Crippen LogP contribution is 2.47. The van der Waals surface area contributed by atoms with E-state index in [0.717, 1.165) is 68.6 Å². The van der Waals surface area contributed by atoms with Crippen LogP contribution in [0.15, 0.2) is 41.8 Å². The Kier molecular flexibility index (Phi) is 8.20. The topological polar surface area (TPSA) is 52.7 Å². The lowest BCUT2D eigenvalue weighted by molar-refractivity contribution is -0.124. The molecule has 2 atom stereocenters. The van der Waals surface area contributed by atoms with E-state index in [9.17, 15) is 9.59 Å². The maximum atomic E-state index is 13.8. The van der Waals surface area contributed by atoms with Crippen LogP contribution in [0.3, 0.4) is 0 Å². The average molecular weight is 468 g/mol. The molecule has 0 bridgehead atoms. The number of rotatable bonds is 10. The summed E-state index contributed by atoms with van der Waals surface area (Å²) in [4.78, 5) is 33.1. The lowest BCUT2D eigenvalue weighted by Crippen LogP contribution is -2.51. The van der Waals surface area contributed by atoms with Gasteiger partial charge in [-0.25, -0.2) is 0 Å². The number of nitrogens with zero attached hydrogens (tertiary/aromatic N) is 2. The van der Waals surface area contributed by atoms with Gasteiger partial charge < -0.3 is 15.1 Å². The predicted molar refractivity (Wildman–Crippen MR) is 135 cm³/mol. The largest absolute Gasteiger partial charge is 0.354 e. The van der Waals surface area contributed by atoms with E-state index in [2.05, 4.69) is 40.4 Å². The molecule has 6 heteroatoms. The van der Waals surface area contributed by atoms with Crippen LogP contribution in [-0.2, 0) is 4.79 Å². The van der Waals surface area contributed by atoms with Gasteiger partial charge in [-0.2, -0.15) is 0 Å². The number of nitrogens with one attached hydrogen (secondary N) is 1. The molecule has 4 rings (SSSR count). The van der Waals surface area contributed by atoms with E-state index in [0.29, 0.717) is 12.1 Å². The Hall–Kier alpha value is -2.18.